The fourth-order valence-electron chi connectivity index (χ4n) is 3.85. The van der Waals surface area contributed by atoms with Crippen molar-refractivity contribution in [1.82, 2.24) is 24.1 Å². The van der Waals surface area contributed by atoms with Crippen LogP contribution in [0.5, 0.6) is 0 Å². The van der Waals surface area contributed by atoms with Crippen molar-refractivity contribution in [3.8, 4) is 5.69 Å². The summed E-state index contributed by atoms with van der Waals surface area (Å²) in [5.74, 6) is -0.240. The highest BCUT2D eigenvalue weighted by atomic mass is 16.5. The number of aryl methyl sites for hydroxylation is 3. The normalized spacial score (nSPS) is 11.1. The van der Waals surface area contributed by atoms with Crippen LogP contribution >= 0.6 is 0 Å². The van der Waals surface area contributed by atoms with E-state index in [4.69, 9.17) is 4.74 Å². The van der Waals surface area contributed by atoms with Crippen molar-refractivity contribution in [3.63, 3.8) is 0 Å². The smallest absolute Gasteiger partial charge is 0.310 e. The zero-order valence-corrected chi connectivity index (χ0v) is 17.9. The van der Waals surface area contributed by atoms with Crippen molar-refractivity contribution in [3.05, 3.63) is 76.6 Å². The number of fused-ring (bicyclic) bond motifs is 1. The fourth-order valence-corrected chi connectivity index (χ4v) is 3.85. The van der Waals surface area contributed by atoms with E-state index < -0.39 is 5.97 Å². The third-order valence-corrected chi connectivity index (χ3v) is 5.42. The number of benzene rings is 1. The van der Waals surface area contributed by atoms with Crippen LogP contribution in [-0.2, 0) is 16.0 Å². The van der Waals surface area contributed by atoms with Crippen LogP contribution in [0.1, 0.15) is 38.7 Å². The van der Waals surface area contributed by atoms with Crippen molar-refractivity contribution in [2.45, 2.75) is 34.1 Å². The molecule has 1 aromatic carbocycles. The molecule has 0 aliphatic heterocycles. The minimum Gasteiger partial charge on any atom is -0.457 e. The Bertz CT molecular complexity index is 1290. The van der Waals surface area contributed by atoms with Crippen LogP contribution in [0.15, 0.2) is 42.7 Å². The summed E-state index contributed by atoms with van der Waals surface area (Å²) in [5, 5.41) is 4.12. The van der Waals surface area contributed by atoms with Crippen LogP contribution in [-0.4, -0.2) is 42.5 Å². The number of ketones is 1. The maximum absolute atomic E-state index is 12.8. The molecule has 0 fully saturated rings. The molecule has 0 saturated carbocycles. The van der Waals surface area contributed by atoms with Crippen LogP contribution in [0.25, 0.3) is 11.5 Å². The van der Waals surface area contributed by atoms with E-state index in [9.17, 15) is 9.59 Å². The van der Waals surface area contributed by atoms with E-state index in [0.29, 0.717) is 17.0 Å². The summed E-state index contributed by atoms with van der Waals surface area (Å²) < 4.78 is 8.90. The van der Waals surface area contributed by atoms with Gasteiger partial charge in [0.2, 0.25) is 5.78 Å². The number of hydrogen-bond donors (Lipinski definition) is 0. The zero-order chi connectivity index (χ0) is 22.1. The van der Waals surface area contributed by atoms with E-state index >= 15 is 0 Å². The highest BCUT2D eigenvalue weighted by Gasteiger charge is 2.20. The number of Topliss-reactive ketones (excluding diaryl/α,β-unsaturated/α-hetero) is 1. The molecular weight excluding hydrogens is 394 g/mol. The first-order chi connectivity index (χ1) is 14.9. The number of aromatic nitrogens is 5. The lowest BCUT2D eigenvalue weighted by atomic mass is 10.1. The molecule has 158 valence electrons. The minimum absolute atomic E-state index is 0.0107. The summed E-state index contributed by atoms with van der Waals surface area (Å²) in [7, 11) is 0. The molecule has 0 aliphatic rings. The summed E-state index contributed by atoms with van der Waals surface area (Å²) >= 11 is 0. The van der Waals surface area contributed by atoms with Crippen molar-refractivity contribution < 1.29 is 14.3 Å². The standard InChI is InChI=1S/C23H23N5O3/c1-14-10-20(16(3)27(14)18-8-6-5-7-9-18)21(29)12-31-22(30)11-19-15(2)26-23-24-13-25-28(23)17(19)4/h5-10,13H,11-12H2,1-4H3. The lowest BCUT2D eigenvalue weighted by molar-refractivity contribution is -0.141. The van der Waals surface area contributed by atoms with E-state index in [2.05, 4.69) is 15.1 Å². The van der Waals surface area contributed by atoms with E-state index in [-0.39, 0.29) is 18.8 Å². The van der Waals surface area contributed by atoms with Crippen LogP contribution in [0.2, 0.25) is 0 Å². The van der Waals surface area contributed by atoms with Gasteiger partial charge in [-0.3, -0.25) is 9.59 Å². The average molecular weight is 417 g/mol. The molecule has 4 rings (SSSR count). The molecule has 8 nitrogen and oxygen atoms in total. The van der Waals surface area contributed by atoms with Gasteiger partial charge in [-0.15, -0.1) is 0 Å². The second-order valence-corrected chi connectivity index (χ2v) is 7.45. The first kappa shape index (κ1) is 20.5. The molecular formula is C23H23N5O3. The van der Waals surface area contributed by atoms with Gasteiger partial charge in [-0.25, -0.2) is 9.50 Å². The van der Waals surface area contributed by atoms with Crippen LogP contribution in [0, 0.1) is 27.7 Å². The van der Waals surface area contributed by atoms with Gasteiger partial charge >= 0.3 is 5.97 Å². The van der Waals surface area contributed by atoms with E-state index in [1.807, 2.05) is 68.7 Å². The number of carbonyl (C=O) groups is 2. The highest BCUT2D eigenvalue weighted by molar-refractivity contribution is 5.99. The first-order valence-electron chi connectivity index (χ1n) is 9.95. The molecule has 0 amide bonds. The Balaban J connectivity index is 1.47. The molecule has 0 N–H and O–H groups in total. The Morgan fingerprint density at radius 2 is 1.77 bits per heavy atom. The van der Waals surface area contributed by atoms with Crippen molar-refractivity contribution in [1.29, 1.82) is 0 Å². The topological polar surface area (TPSA) is 91.4 Å². The van der Waals surface area contributed by atoms with Gasteiger partial charge in [-0.1, -0.05) is 18.2 Å². The van der Waals surface area contributed by atoms with E-state index in [1.165, 1.54) is 6.33 Å². The summed E-state index contributed by atoms with van der Waals surface area (Å²) in [6.45, 7) is 7.19. The molecule has 4 aromatic rings. The van der Waals surface area contributed by atoms with E-state index in [1.54, 1.807) is 4.52 Å². The second kappa shape index (κ2) is 8.14. The molecule has 0 aliphatic carbocycles. The maximum Gasteiger partial charge on any atom is 0.310 e. The quantitative estimate of drug-likeness (QED) is 0.354. The fraction of sp³-hybridized carbons (Fsp3) is 0.261. The number of esters is 1. The van der Waals surface area contributed by atoms with Gasteiger partial charge in [0.15, 0.2) is 6.61 Å². The van der Waals surface area contributed by atoms with E-state index in [0.717, 1.165) is 28.3 Å². The van der Waals surface area contributed by atoms with Crippen molar-refractivity contribution >= 4 is 17.5 Å². The second-order valence-electron chi connectivity index (χ2n) is 7.45. The van der Waals surface area contributed by atoms with Gasteiger partial charge in [-0.2, -0.15) is 10.1 Å². The Morgan fingerprint density at radius 3 is 2.52 bits per heavy atom. The molecule has 3 heterocycles. The molecule has 3 aromatic heterocycles. The van der Waals surface area contributed by atoms with Crippen molar-refractivity contribution in [2.24, 2.45) is 0 Å². The molecule has 0 saturated heterocycles. The summed E-state index contributed by atoms with van der Waals surface area (Å²) in [5.41, 5.74) is 5.47. The number of para-hydroxylation sites is 1. The first-order valence-corrected chi connectivity index (χ1v) is 9.95. The Kier molecular flexibility index (Phi) is 5.37. The highest BCUT2D eigenvalue weighted by Crippen LogP contribution is 2.21. The SMILES string of the molecule is Cc1nc2ncnn2c(C)c1CC(=O)OCC(=O)c1cc(C)n(-c2ccccc2)c1C. The maximum atomic E-state index is 12.8. The van der Waals surface area contributed by atoms with Gasteiger partial charge < -0.3 is 9.30 Å². The lowest BCUT2D eigenvalue weighted by Gasteiger charge is -2.11. The lowest BCUT2D eigenvalue weighted by Crippen LogP contribution is -2.18. The summed E-state index contributed by atoms with van der Waals surface area (Å²) in [4.78, 5) is 33.6. The number of carbonyl (C=O) groups excluding carboxylic acids is 2. The molecule has 0 radical (unpaired) electrons. The predicted molar refractivity (Wildman–Crippen MR) is 114 cm³/mol. The molecule has 0 atom stereocenters. The molecule has 0 bridgehead atoms. The number of ether oxygens (including phenoxy) is 1. The monoisotopic (exact) mass is 417 g/mol. The predicted octanol–water partition coefficient (Wildman–Crippen LogP) is 3.12. The number of rotatable bonds is 6. The van der Waals surface area contributed by atoms with Gasteiger partial charge in [0, 0.05) is 39.6 Å². The van der Waals surface area contributed by atoms with Crippen LogP contribution < -0.4 is 0 Å². The number of nitrogens with zero attached hydrogens (tertiary/aromatic N) is 5. The van der Waals surface area contributed by atoms with Gasteiger partial charge in [-0.05, 0) is 45.9 Å². The largest absolute Gasteiger partial charge is 0.457 e. The van der Waals surface area contributed by atoms with Gasteiger partial charge in [0.05, 0.1) is 6.42 Å². The Labute approximate surface area is 179 Å². The molecule has 0 unspecified atom stereocenters. The molecule has 0 spiro atoms. The number of hydrogen-bond acceptors (Lipinski definition) is 6. The van der Waals surface area contributed by atoms with Crippen molar-refractivity contribution in [2.75, 3.05) is 6.61 Å². The summed E-state index contributed by atoms with van der Waals surface area (Å²) in [6.07, 6.45) is 1.43. The zero-order valence-electron chi connectivity index (χ0n) is 17.9. The Morgan fingerprint density at radius 1 is 1.03 bits per heavy atom. The van der Waals surface area contributed by atoms with Gasteiger partial charge in [0.1, 0.15) is 6.33 Å². The van der Waals surface area contributed by atoms with Crippen LogP contribution in [0.4, 0.5) is 0 Å². The van der Waals surface area contributed by atoms with Gasteiger partial charge in [0.25, 0.3) is 5.78 Å². The molecule has 31 heavy (non-hydrogen) atoms. The average Bonchev–Trinajstić information content (AvgIpc) is 3.34. The van der Waals surface area contributed by atoms with Crippen LogP contribution in [0.3, 0.4) is 0 Å². The third-order valence-electron chi connectivity index (χ3n) is 5.42. The Hall–Kier alpha value is -3.81. The third kappa shape index (κ3) is 3.84. The summed E-state index contributed by atoms with van der Waals surface area (Å²) in [6, 6.07) is 11.6. The minimum atomic E-state index is -0.488. The molecule has 8 heteroatoms.